The van der Waals surface area contributed by atoms with Crippen molar-refractivity contribution in [3.05, 3.63) is 83.7 Å². The van der Waals surface area contributed by atoms with Crippen LogP contribution in [-0.2, 0) is 10.8 Å². The number of aryl methyl sites for hydroxylation is 1. The molecule has 0 aliphatic carbocycles. The number of nitrogens with zero attached hydrogens (tertiary/aromatic N) is 1. The van der Waals surface area contributed by atoms with Gasteiger partial charge >= 0.3 is 0 Å². The molecule has 7 heteroatoms. The summed E-state index contributed by atoms with van der Waals surface area (Å²) in [5, 5.41) is 5.66. The van der Waals surface area contributed by atoms with Crippen LogP contribution in [0.2, 0.25) is 0 Å². The smallest absolute Gasteiger partial charge is 0.255 e. The van der Waals surface area contributed by atoms with Crippen LogP contribution in [0.25, 0.3) is 0 Å². The lowest BCUT2D eigenvalue weighted by atomic mass is 10.1. The minimum absolute atomic E-state index is 0.253. The summed E-state index contributed by atoms with van der Waals surface area (Å²) in [6, 6.07) is 15.2. The molecular formula is C21H19N3O3S. The lowest BCUT2D eigenvalue weighted by Crippen LogP contribution is -2.15. The topological polar surface area (TPSA) is 88.2 Å². The van der Waals surface area contributed by atoms with E-state index in [1.54, 1.807) is 67.2 Å². The zero-order chi connectivity index (χ0) is 20.1. The Bertz CT molecular complexity index is 1030. The number of amides is 2. The van der Waals surface area contributed by atoms with Crippen molar-refractivity contribution >= 4 is 34.0 Å². The zero-order valence-corrected chi connectivity index (χ0v) is 16.2. The van der Waals surface area contributed by atoms with Gasteiger partial charge in [-0.05, 0) is 61.0 Å². The maximum atomic E-state index is 12.5. The van der Waals surface area contributed by atoms with Gasteiger partial charge in [0.25, 0.3) is 11.8 Å². The van der Waals surface area contributed by atoms with Crippen LogP contribution in [0.4, 0.5) is 11.4 Å². The molecule has 2 aromatic carbocycles. The summed E-state index contributed by atoms with van der Waals surface area (Å²) < 4.78 is 11.5. The highest BCUT2D eigenvalue weighted by Crippen LogP contribution is 2.22. The van der Waals surface area contributed by atoms with Gasteiger partial charge in [-0.15, -0.1) is 0 Å². The van der Waals surface area contributed by atoms with Crippen molar-refractivity contribution in [2.45, 2.75) is 11.8 Å². The van der Waals surface area contributed by atoms with Crippen molar-refractivity contribution in [3.63, 3.8) is 0 Å². The molecule has 2 amide bonds. The van der Waals surface area contributed by atoms with E-state index in [-0.39, 0.29) is 11.8 Å². The number of hydrogen-bond donors (Lipinski definition) is 2. The lowest BCUT2D eigenvalue weighted by Gasteiger charge is -2.12. The molecule has 28 heavy (non-hydrogen) atoms. The molecule has 0 radical (unpaired) electrons. The van der Waals surface area contributed by atoms with E-state index in [2.05, 4.69) is 15.6 Å². The second-order valence-electron chi connectivity index (χ2n) is 6.15. The third-order valence-corrected chi connectivity index (χ3v) is 5.07. The fourth-order valence-electron chi connectivity index (χ4n) is 2.53. The minimum atomic E-state index is -1.09. The van der Waals surface area contributed by atoms with Crippen LogP contribution in [0.15, 0.2) is 71.9 Å². The molecule has 0 saturated heterocycles. The second kappa shape index (κ2) is 8.58. The van der Waals surface area contributed by atoms with Crippen LogP contribution in [0, 0.1) is 6.92 Å². The van der Waals surface area contributed by atoms with Gasteiger partial charge in [0.05, 0.1) is 0 Å². The van der Waals surface area contributed by atoms with E-state index in [1.165, 1.54) is 0 Å². The van der Waals surface area contributed by atoms with Crippen molar-refractivity contribution in [1.29, 1.82) is 0 Å². The van der Waals surface area contributed by atoms with E-state index in [9.17, 15) is 13.8 Å². The highest BCUT2D eigenvalue weighted by Gasteiger charge is 2.11. The van der Waals surface area contributed by atoms with Gasteiger partial charge < -0.3 is 10.6 Å². The molecule has 0 saturated carbocycles. The van der Waals surface area contributed by atoms with E-state index < -0.39 is 10.8 Å². The summed E-state index contributed by atoms with van der Waals surface area (Å²) in [5.41, 5.74) is 2.99. The van der Waals surface area contributed by atoms with Crippen molar-refractivity contribution in [1.82, 2.24) is 4.98 Å². The van der Waals surface area contributed by atoms with Gasteiger partial charge in [0, 0.05) is 56.8 Å². The first kappa shape index (κ1) is 19.4. The third kappa shape index (κ3) is 4.69. The fourth-order valence-corrected chi connectivity index (χ4v) is 3.05. The molecule has 142 valence electrons. The van der Waals surface area contributed by atoms with Crippen LogP contribution < -0.4 is 10.6 Å². The maximum absolute atomic E-state index is 12.5. The monoisotopic (exact) mass is 393 g/mol. The number of carbonyl (C=O) groups excluding carboxylic acids is 2. The third-order valence-electron chi connectivity index (χ3n) is 4.13. The van der Waals surface area contributed by atoms with Crippen molar-refractivity contribution < 1.29 is 13.8 Å². The summed E-state index contributed by atoms with van der Waals surface area (Å²) >= 11 is 0. The molecule has 1 heterocycles. The highest BCUT2D eigenvalue weighted by atomic mass is 32.2. The Morgan fingerprint density at radius 2 is 1.46 bits per heavy atom. The van der Waals surface area contributed by atoms with Crippen LogP contribution in [0.1, 0.15) is 26.3 Å². The van der Waals surface area contributed by atoms with E-state index in [0.29, 0.717) is 27.4 Å². The molecule has 0 fully saturated rings. The number of hydrogen-bond acceptors (Lipinski definition) is 4. The average molecular weight is 393 g/mol. The quantitative estimate of drug-likeness (QED) is 0.693. The lowest BCUT2D eigenvalue weighted by molar-refractivity contribution is 0.101. The summed E-state index contributed by atoms with van der Waals surface area (Å²) in [6.45, 7) is 1.87. The van der Waals surface area contributed by atoms with Gasteiger partial charge in [0.1, 0.15) is 0 Å². The Balaban J connectivity index is 1.74. The van der Waals surface area contributed by atoms with E-state index >= 15 is 0 Å². The fraction of sp³-hybridized carbons (Fsp3) is 0.0952. The molecule has 0 aliphatic rings. The molecule has 0 spiro atoms. The summed E-state index contributed by atoms with van der Waals surface area (Å²) in [5.74, 6) is -0.541. The Kier molecular flexibility index (Phi) is 5.96. The number of rotatable bonds is 5. The summed E-state index contributed by atoms with van der Waals surface area (Å²) in [4.78, 5) is 29.4. The number of nitrogens with one attached hydrogen (secondary N) is 2. The van der Waals surface area contributed by atoms with Gasteiger partial charge in [-0.1, -0.05) is 6.07 Å². The van der Waals surface area contributed by atoms with Gasteiger partial charge in [0.15, 0.2) is 0 Å². The van der Waals surface area contributed by atoms with Gasteiger partial charge in [-0.25, -0.2) is 0 Å². The number of anilines is 2. The van der Waals surface area contributed by atoms with Crippen LogP contribution in [0.5, 0.6) is 0 Å². The molecule has 2 N–H and O–H groups in total. The van der Waals surface area contributed by atoms with Crippen molar-refractivity contribution in [2.75, 3.05) is 16.9 Å². The van der Waals surface area contributed by atoms with Gasteiger partial charge in [0.2, 0.25) is 0 Å². The summed E-state index contributed by atoms with van der Waals surface area (Å²) in [7, 11) is -1.09. The Hall–Kier alpha value is -3.32. The molecule has 0 aliphatic heterocycles. The molecule has 1 atom stereocenters. The predicted octanol–water partition coefficient (Wildman–Crippen LogP) is 3.63. The molecule has 6 nitrogen and oxygen atoms in total. The maximum Gasteiger partial charge on any atom is 0.255 e. The predicted molar refractivity (Wildman–Crippen MR) is 110 cm³/mol. The van der Waals surface area contributed by atoms with Crippen LogP contribution >= 0.6 is 0 Å². The highest BCUT2D eigenvalue weighted by molar-refractivity contribution is 7.84. The number of aromatic nitrogens is 1. The van der Waals surface area contributed by atoms with Crippen molar-refractivity contribution in [2.24, 2.45) is 0 Å². The SMILES string of the molecule is Cc1ccc(NC(=O)c2ccc(S(C)=O)cc2)cc1NC(=O)c1ccncc1. The molecular weight excluding hydrogens is 374 g/mol. The van der Waals surface area contributed by atoms with E-state index in [1.807, 2.05) is 13.0 Å². The first-order chi connectivity index (χ1) is 13.4. The molecule has 1 unspecified atom stereocenters. The largest absolute Gasteiger partial charge is 0.322 e. The van der Waals surface area contributed by atoms with Crippen LogP contribution in [0.3, 0.4) is 0 Å². The Morgan fingerprint density at radius 3 is 2.11 bits per heavy atom. The summed E-state index contributed by atoms with van der Waals surface area (Å²) in [6.07, 6.45) is 4.69. The standard InChI is InChI=1S/C21H19N3O3S/c1-14-3-6-17(13-19(14)24-21(26)16-9-11-22-12-10-16)23-20(25)15-4-7-18(8-5-15)28(2)27/h3-13H,1-2H3,(H,23,25)(H,24,26). The molecule has 1 aromatic heterocycles. The minimum Gasteiger partial charge on any atom is -0.322 e. The van der Waals surface area contributed by atoms with Gasteiger partial charge in [-0.2, -0.15) is 0 Å². The first-order valence-corrected chi connectivity index (χ1v) is 10.1. The molecule has 0 bridgehead atoms. The number of benzene rings is 2. The Morgan fingerprint density at radius 1 is 0.857 bits per heavy atom. The number of pyridine rings is 1. The molecule has 3 aromatic rings. The average Bonchev–Trinajstić information content (AvgIpc) is 2.71. The van der Waals surface area contributed by atoms with Crippen molar-refractivity contribution in [3.8, 4) is 0 Å². The first-order valence-electron chi connectivity index (χ1n) is 8.51. The normalized spacial score (nSPS) is 11.5. The van der Waals surface area contributed by atoms with Gasteiger partial charge in [-0.3, -0.25) is 18.8 Å². The second-order valence-corrected chi connectivity index (χ2v) is 7.53. The van der Waals surface area contributed by atoms with Crippen LogP contribution in [-0.4, -0.2) is 27.3 Å². The number of carbonyl (C=O) groups is 2. The molecule has 3 rings (SSSR count). The zero-order valence-electron chi connectivity index (χ0n) is 15.4. The Labute approximate surface area is 165 Å². The van der Waals surface area contributed by atoms with E-state index in [0.717, 1.165) is 5.56 Å². The van der Waals surface area contributed by atoms with E-state index in [4.69, 9.17) is 0 Å².